The summed E-state index contributed by atoms with van der Waals surface area (Å²) in [5.74, 6) is 0.139. The zero-order valence-electron chi connectivity index (χ0n) is 8.47. The van der Waals surface area contributed by atoms with Gasteiger partial charge < -0.3 is 9.84 Å². The van der Waals surface area contributed by atoms with E-state index in [1.165, 1.54) is 0 Å². The molecule has 0 aliphatic carbocycles. The maximum Gasteiger partial charge on any atom is 0.110 e. The Kier molecular flexibility index (Phi) is 2.28. The fourth-order valence-corrected chi connectivity index (χ4v) is 1.93. The standard InChI is InChI=1S/C9H15N3O2/c1-9(13,7-3-4-14-6-7)8-5-10-11-12(8)2/h5,7,13H,3-4,6H2,1-2H3. The number of nitrogens with zero attached hydrogens (tertiary/aromatic N) is 3. The number of rotatable bonds is 2. The van der Waals surface area contributed by atoms with Crippen LogP contribution >= 0.6 is 0 Å². The molecule has 2 heterocycles. The van der Waals surface area contributed by atoms with Crippen LogP contribution in [0.3, 0.4) is 0 Å². The van der Waals surface area contributed by atoms with Crippen LogP contribution in [0.5, 0.6) is 0 Å². The van der Waals surface area contributed by atoms with Crippen molar-refractivity contribution in [2.75, 3.05) is 13.2 Å². The quantitative estimate of drug-likeness (QED) is 0.728. The predicted molar refractivity (Wildman–Crippen MR) is 49.5 cm³/mol. The molecule has 2 unspecified atom stereocenters. The lowest BCUT2D eigenvalue weighted by Gasteiger charge is -2.28. The molecule has 1 aromatic rings. The lowest BCUT2D eigenvalue weighted by Crippen LogP contribution is -2.34. The Morgan fingerprint density at radius 2 is 2.50 bits per heavy atom. The largest absolute Gasteiger partial charge is 0.383 e. The molecule has 2 rings (SSSR count). The van der Waals surface area contributed by atoms with E-state index in [9.17, 15) is 5.11 Å². The normalized spacial score (nSPS) is 26.4. The number of hydrogen-bond acceptors (Lipinski definition) is 4. The van der Waals surface area contributed by atoms with Crippen LogP contribution in [0, 0.1) is 5.92 Å². The zero-order valence-corrected chi connectivity index (χ0v) is 8.47. The highest BCUT2D eigenvalue weighted by atomic mass is 16.5. The van der Waals surface area contributed by atoms with Gasteiger partial charge in [0, 0.05) is 19.6 Å². The molecule has 0 bridgehead atoms. The van der Waals surface area contributed by atoms with Gasteiger partial charge in [-0.15, -0.1) is 5.10 Å². The van der Waals surface area contributed by atoms with Crippen molar-refractivity contribution in [3.63, 3.8) is 0 Å². The molecule has 2 atom stereocenters. The Bertz CT molecular complexity index is 316. The van der Waals surface area contributed by atoms with Gasteiger partial charge in [0.25, 0.3) is 0 Å². The van der Waals surface area contributed by atoms with Gasteiger partial charge >= 0.3 is 0 Å². The molecule has 0 radical (unpaired) electrons. The van der Waals surface area contributed by atoms with E-state index in [4.69, 9.17) is 4.74 Å². The minimum atomic E-state index is -0.894. The molecule has 1 aliphatic heterocycles. The van der Waals surface area contributed by atoms with E-state index >= 15 is 0 Å². The lowest BCUT2D eigenvalue weighted by atomic mass is 9.86. The summed E-state index contributed by atoms with van der Waals surface area (Å²) < 4.78 is 6.88. The van der Waals surface area contributed by atoms with Crippen LogP contribution in [0.4, 0.5) is 0 Å². The minimum Gasteiger partial charge on any atom is -0.383 e. The van der Waals surface area contributed by atoms with E-state index in [0.29, 0.717) is 6.61 Å². The van der Waals surface area contributed by atoms with Gasteiger partial charge in [0.1, 0.15) is 5.60 Å². The molecule has 0 amide bonds. The first kappa shape index (κ1) is 9.61. The number of aryl methyl sites for hydroxylation is 1. The maximum absolute atomic E-state index is 10.4. The Labute approximate surface area is 82.7 Å². The SMILES string of the molecule is Cn1nncc1C(C)(O)C1CCOC1. The summed E-state index contributed by atoms with van der Waals surface area (Å²) in [6, 6.07) is 0. The van der Waals surface area contributed by atoms with Crippen molar-refractivity contribution in [2.45, 2.75) is 18.9 Å². The summed E-state index contributed by atoms with van der Waals surface area (Å²) in [7, 11) is 1.78. The first-order valence-corrected chi connectivity index (χ1v) is 4.77. The number of ether oxygens (including phenoxy) is 1. The second kappa shape index (κ2) is 3.33. The van der Waals surface area contributed by atoms with Crippen LogP contribution in [-0.2, 0) is 17.4 Å². The third-order valence-corrected chi connectivity index (χ3v) is 2.96. The van der Waals surface area contributed by atoms with Crippen molar-refractivity contribution < 1.29 is 9.84 Å². The number of aliphatic hydroxyl groups is 1. The number of aromatic nitrogens is 3. The van der Waals surface area contributed by atoms with Gasteiger partial charge in [-0.2, -0.15) is 0 Å². The topological polar surface area (TPSA) is 60.2 Å². The molecule has 1 fully saturated rings. The zero-order chi connectivity index (χ0) is 10.2. The molecule has 0 saturated carbocycles. The van der Waals surface area contributed by atoms with Crippen molar-refractivity contribution in [1.82, 2.24) is 15.0 Å². The van der Waals surface area contributed by atoms with Crippen LogP contribution in [0.15, 0.2) is 6.20 Å². The Morgan fingerprint density at radius 1 is 1.71 bits per heavy atom. The van der Waals surface area contributed by atoms with E-state index in [1.807, 2.05) is 0 Å². The highest BCUT2D eigenvalue weighted by Crippen LogP contribution is 2.33. The van der Waals surface area contributed by atoms with Gasteiger partial charge in [0.2, 0.25) is 0 Å². The molecule has 1 saturated heterocycles. The van der Waals surface area contributed by atoms with Crippen molar-refractivity contribution >= 4 is 0 Å². The Balaban J connectivity index is 2.26. The van der Waals surface area contributed by atoms with Gasteiger partial charge in [0.15, 0.2) is 0 Å². The molecule has 78 valence electrons. The third-order valence-electron chi connectivity index (χ3n) is 2.96. The van der Waals surface area contributed by atoms with Crippen LogP contribution in [-0.4, -0.2) is 33.3 Å². The van der Waals surface area contributed by atoms with Crippen LogP contribution < -0.4 is 0 Å². The summed E-state index contributed by atoms with van der Waals surface area (Å²) in [5, 5.41) is 18.0. The second-order valence-electron chi connectivity index (χ2n) is 3.95. The summed E-state index contributed by atoms with van der Waals surface area (Å²) in [6.45, 7) is 3.13. The van der Waals surface area contributed by atoms with E-state index < -0.39 is 5.60 Å². The van der Waals surface area contributed by atoms with Crippen molar-refractivity contribution in [2.24, 2.45) is 13.0 Å². The average Bonchev–Trinajstić information content (AvgIpc) is 2.72. The second-order valence-corrected chi connectivity index (χ2v) is 3.95. The molecule has 1 N–H and O–H groups in total. The highest BCUT2D eigenvalue weighted by Gasteiger charge is 2.38. The van der Waals surface area contributed by atoms with Crippen LogP contribution in [0.25, 0.3) is 0 Å². The van der Waals surface area contributed by atoms with E-state index in [2.05, 4.69) is 10.3 Å². The predicted octanol–water partition coefficient (Wildman–Crippen LogP) is 0.0591. The molecule has 1 aromatic heterocycles. The first-order chi connectivity index (χ1) is 6.62. The molecule has 14 heavy (non-hydrogen) atoms. The summed E-state index contributed by atoms with van der Waals surface area (Å²) in [6.07, 6.45) is 2.50. The van der Waals surface area contributed by atoms with Gasteiger partial charge in [-0.05, 0) is 13.3 Å². The van der Waals surface area contributed by atoms with E-state index in [1.54, 1.807) is 24.9 Å². The van der Waals surface area contributed by atoms with Gasteiger partial charge in [-0.25, -0.2) is 4.68 Å². The fourth-order valence-electron chi connectivity index (χ4n) is 1.93. The fraction of sp³-hybridized carbons (Fsp3) is 0.778. The van der Waals surface area contributed by atoms with Crippen molar-refractivity contribution in [3.05, 3.63) is 11.9 Å². The van der Waals surface area contributed by atoms with Crippen LogP contribution in [0.2, 0.25) is 0 Å². The van der Waals surface area contributed by atoms with Crippen molar-refractivity contribution in [3.8, 4) is 0 Å². The van der Waals surface area contributed by atoms with Gasteiger partial charge in [-0.3, -0.25) is 0 Å². The Morgan fingerprint density at radius 3 is 3.00 bits per heavy atom. The highest BCUT2D eigenvalue weighted by molar-refractivity contribution is 5.08. The van der Waals surface area contributed by atoms with Crippen molar-refractivity contribution in [1.29, 1.82) is 0 Å². The molecule has 5 heteroatoms. The average molecular weight is 197 g/mol. The summed E-state index contributed by atoms with van der Waals surface area (Å²) in [4.78, 5) is 0. The molecule has 0 spiro atoms. The van der Waals surface area contributed by atoms with Gasteiger partial charge in [-0.1, -0.05) is 5.21 Å². The first-order valence-electron chi connectivity index (χ1n) is 4.77. The molecular formula is C9H15N3O2. The maximum atomic E-state index is 10.4. The smallest absolute Gasteiger partial charge is 0.110 e. The third kappa shape index (κ3) is 1.42. The minimum absolute atomic E-state index is 0.139. The number of hydrogen-bond donors (Lipinski definition) is 1. The molecule has 1 aliphatic rings. The van der Waals surface area contributed by atoms with E-state index in [0.717, 1.165) is 18.7 Å². The van der Waals surface area contributed by atoms with Crippen LogP contribution in [0.1, 0.15) is 19.0 Å². The van der Waals surface area contributed by atoms with Gasteiger partial charge in [0.05, 0.1) is 18.5 Å². The molecular weight excluding hydrogens is 182 g/mol. The summed E-state index contributed by atoms with van der Waals surface area (Å²) in [5.41, 5.74) is -0.151. The molecule has 0 aromatic carbocycles. The molecule has 5 nitrogen and oxygen atoms in total. The summed E-state index contributed by atoms with van der Waals surface area (Å²) >= 11 is 0. The lowest BCUT2D eigenvalue weighted by molar-refractivity contribution is -0.0165. The van der Waals surface area contributed by atoms with E-state index in [-0.39, 0.29) is 5.92 Å². The Hall–Kier alpha value is -0.940. The monoisotopic (exact) mass is 197 g/mol.